The van der Waals surface area contributed by atoms with Gasteiger partial charge in [-0.25, -0.2) is 0 Å². The highest BCUT2D eigenvalue weighted by Gasteiger charge is 2.29. The minimum Gasteiger partial charge on any atom is -0.497 e. The first-order valence-corrected chi connectivity index (χ1v) is 9.18. The molecule has 0 fully saturated rings. The van der Waals surface area contributed by atoms with Crippen molar-refractivity contribution >= 4 is 35.0 Å². The summed E-state index contributed by atoms with van der Waals surface area (Å²) in [5, 5.41) is 11.9. The van der Waals surface area contributed by atoms with Crippen LogP contribution in [0, 0.1) is 0 Å². The maximum atomic E-state index is 12.5. The van der Waals surface area contributed by atoms with E-state index in [0.29, 0.717) is 45.8 Å². The topological polar surface area (TPSA) is 108 Å². The first-order valence-electron chi connectivity index (χ1n) is 9.18. The molecule has 0 bridgehead atoms. The number of hydrogen-bond donors (Lipinski definition) is 3. The number of nitrogens with one attached hydrogen (secondary N) is 2. The number of benzene rings is 1. The summed E-state index contributed by atoms with van der Waals surface area (Å²) in [5.74, 6) is -0.509. The Bertz CT molecular complexity index is 1030. The number of Topliss-reactive ketones (excluding diaryl/α,β-unsaturated/α-hetero) is 1. The lowest BCUT2D eigenvalue weighted by molar-refractivity contribution is -0.137. The summed E-state index contributed by atoms with van der Waals surface area (Å²) in [5.41, 5.74) is 4.60. The number of carboxylic acid groups (broad SMARTS) is 1. The number of carbonyl (C=O) groups is 3. The number of fused-ring (bicyclic) bond motifs is 2. The molecule has 7 heteroatoms. The summed E-state index contributed by atoms with van der Waals surface area (Å²) in [6.45, 7) is 0. The van der Waals surface area contributed by atoms with Gasteiger partial charge in [0.15, 0.2) is 5.78 Å². The lowest BCUT2D eigenvalue weighted by Gasteiger charge is -2.11. The molecule has 4 rings (SSSR count). The smallest absolute Gasteiger partial charge is 0.303 e. The van der Waals surface area contributed by atoms with E-state index in [1.807, 2.05) is 0 Å². The zero-order valence-corrected chi connectivity index (χ0v) is 15.4. The molecule has 1 amide bonds. The summed E-state index contributed by atoms with van der Waals surface area (Å²) in [6, 6.07) is 5.33. The Morgan fingerprint density at radius 2 is 2.11 bits per heavy atom. The molecule has 28 heavy (non-hydrogen) atoms. The third kappa shape index (κ3) is 3.09. The average molecular weight is 380 g/mol. The fourth-order valence-corrected chi connectivity index (χ4v) is 3.89. The van der Waals surface area contributed by atoms with E-state index < -0.39 is 5.97 Å². The number of hydrogen-bond acceptors (Lipinski definition) is 4. The van der Waals surface area contributed by atoms with Crippen molar-refractivity contribution in [3.8, 4) is 5.75 Å². The van der Waals surface area contributed by atoms with Crippen LogP contribution in [0.2, 0.25) is 0 Å². The maximum Gasteiger partial charge on any atom is 0.303 e. The van der Waals surface area contributed by atoms with Crippen molar-refractivity contribution in [2.75, 3.05) is 12.4 Å². The molecule has 1 aromatic heterocycles. The first-order chi connectivity index (χ1) is 13.5. The van der Waals surface area contributed by atoms with Crippen LogP contribution in [0.15, 0.2) is 18.2 Å². The van der Waals surface area contributed by atoms with Crippen molar-refractivity contribution in [2.24, 2.45) is 0 Å². The van der Waals surface area contributed by atoms with Gasteiger partial charge in [0.05, 0.1) is 12.7 Å². The molecule has 0 saturated carbocycles. The van der Waals surface area contributed by atoms with Gasteiger partial charge in [-0.2, -0.15) is 0 Å². The van der Waals surface area contributed by atoms with Crippen LogP contribution in [0.5, 0.6) is 5.75 Å². The number of aryl methyl sites for hydroxylation is 1. The largest absolute Gasteiger partial charge is 0.497 e. The highest BCUT2D eigenvalue weighted by atomic mass is 16.5. The lowest BCUT2D eigenvalue weighted by Crippen LogP contribution is -2.11. The summed E-state index contributed by atoms with van der Waals surface area (Å²) >= 11 is 0. The SMILES string of the molecule is COc1ccc2c(c1)C(=Cc1[nH]c3c(c1CCC(=O)O)C(=O)CCC3)C(=O)N2. The van der Waals surface area contributed by atoms with Gasteiger partial charge in [-0.3, -0.25) is 14.4 Å². The Hall–Kier alpha value is -3.35. The quantitative estimate of drug-likeness (QED) is 0.691. The third-order valence-corrected chi connectivity index (χ3v) is 5.21. The van der Waals surface area contributed by atoms with Crippen molar-refractivity contribution in [1.82, 2.24) is 4.98 Å². The van der Waals surface area contributed by atoms with Gasteiger partial charge in [-0.15, -0.1) is 0 Å². The van der Waals surface area contributed by atoms with Crippen molar-refractivity contribution in [1.29, 1.82) is 0 Å². The number of H-pyrrole nitrogens is 1. The van der Waals surface area contributed by atoms with Crippen LogP contribution < -0.4 is 10.1 Å². The molecule has 0 saturated heterocycles. The Kier molecular flexibility index (Phi) is 4.50. The number of ketones is 1. The number of aromatic amines is 1. The number of amides is 1. The molecular formula is C21H20N2O5. The van der Waals surface area contributed by atoms with Crippen LogP contribution in [0.4, 0.5) is 5.69 Å². The zero-order chi connectivity index (χ0) is 19.8. The summed E-state index contributed by atoms with van der Waals surface area (Å²) in [7, 11) is 1.56. The molecule has 1 aliphatic heterocycles. The van der Waals surface area contributed by atoms with Crippen LogP contribution >= 0.6 is 0 Å². The minimum atomic E-state index is -0.925. The maximum absolute atomic E-state index is 12.5. The van der Waals surface area contributed by atoms with Crippen molar-refractivity contribution in [3.63, 3.8) is 0 Å². The molecule has 144 valence electrons. The second-order valence-electron chi connectivity index (χ2n) is 6.96. The summed E-state index contributed by atoms with van der Waals surface area (Å²) in [4.78, 5) is 39.3. The monoisotopic (exact) mass is 380 g/mol. The predicted molar refractivity (Wildman–Crippen MR) is 104 cm³/mol. The Labute approximate surface area is 161 Å². The van der Waals surface area contributed by atoms with Crippen molar-refractivity contribution < 1.29 is 24.2 Å². The van der Waals surface area contributed by atoms with Crippen LogP contribution in [0.3, 0.4) is 0 Å². The highest BCUT2D eigenvalue weighted by Crippen LogP contribution is 2.37. The van der Waals surface area contributed by atoms with E-state index in [0.717, 1.165) is 18.5 Å². The summed E-state index contributed by atoms with van der Waals surface area (Å²) in [6.07, 6.45) is 3.83. The minimum absolute atomic E-state index is 0.0282. The van der Waals surface area contributed by atoms with Crippen molar-refractivity contribution in [3.05, 3.63) is 46.3 Å². The van der Waals surface area contributed by atoms with Crippen LogP contribution in [-0.2, 0) is 22.4 Å². The number of aliphatic carboxylic acids is 1. The van der Waals surface area contributed by atoms with Gasteiger partial charge in [0.25, 0.3) is 5.91 Å². The molecule has 3 N–H and O–H groups in total. The van der Waals surface area contributed by atoms with Crippen LogP contribution in [0.25, 0.3) is 11.6 Å². The second-order valence-corrected chi connectivity index (χ2v) is 6.96. The molecule has 0 radical (unpaired) electrons. The number of rotatable bonds is 5. The van der Waals surface area contributed by atoms with E-state index in [2.05, 4.69) is 10.3 Å². The van der Waals surface area contributed by atoms with Gasteiger partial charge < -0.3 is 20.1 Å². The van der Waals surface area contributed by atoms with Crippen molar-refractivity contribution in [2.45, 2.75) is 32.1 Å². The van der Waals surface area contributed by atoms with Gasteiger partial charge >= 0.3 is 5.97 Å². The molecule has 2 aromatic rings. The van der Waals surface area contributed by atoms with E-state index in [9.17, 15) is 14.4 Å². The zero-order valence-electron chi connectivity index (χ0n) is 15.4. The molecule has 0 atom stereocenters. The number of methoxy groups -OCH3 is 1. The standard InChI is InChI=1S/C21H20N2O5/c1-28-11-5-7-15-13(9-11)14(21(27)23-15)10-17-12(6-8-19(25)26)20-16(22-17)3-2-4-18(20)24/h5,7,9-10,22H,2-4,6,8H2,1H3,(H,23,27)(H,25,26). The molecule has 0 spiro atoms. The molecule has 7 nitrogen and oxygen atoms in total. The van der Waals surface area contributed by atoms with Gasteiger partial charge in [-0.05, 0) is 49.1 Å². The third-order valence-electron chi connectivity index (χ3n) is 5.21. The van der Waals surface area contributed by atoms with Gasteiger partial charge in [-0.1, -0.05) is 0 Å². The molecule has 2 aliphatic rings. The number of anilines is 1. The van der Waals surface area contributed by atoms with Crippen LogP contribution in [0.1, 0.15) is 52.1 Å². The van der Waals surface area contributed by atoms with E-state index in [1.54, 1.807) is 31.4 Å². The van der Waals surface area contributed by atoms with Gasteiger partial charge in [0, 0.05) is 41.0 Å². The number of ether oxygens (including phenoxy) is 1. The Morgan fingerprint density at radius 1 is 1.29 bits per heavy atom. The molecule has 0 unspecified atom stereocenters. The number of carbonyl (C=O) groups excluding carboxylic acids is 2. The van der Waals surface area contributed by atoms with Gasteiger partial charge in [0.1, 0.15) is 5.75 Å². The summed E-state index contributed by atoms with van der Waals surface area (Å²) < 4.78 is 5.26. The Balaban J connectivity index is 1.83. The van der Waals surface area contributed by atoms with E-state index in [4.69, 9.17) is 9.84 Å². The van der Waals surface area contributed by atoms with Gasteiger partial charge in [0.2, 0.25) is 0 Å². The average Bonchev–Trinajstić information content (AvgIpc) is 3.18. The van der Waals surface area contributed by atoms with E-state index >= 15 is 0 Å². The Morgan fingerprint density at radius 3 is 2.86 bits per heavy atom. The highest BCUT2D eigenvalue weighted by molar-refractivity contribution is 6.35. The number of carboxylic acids is 1. The molecule has 1 aromatic carbocycles. The number of aromatic nitrogens is 1. The first kappa shape index (κ1) is 18.0. The molecule has 1 aliphatic carbocycles. The lowest BCUT2D eigenvalue weighted by atomic mass is 9.91. The fraction of sp³-hybridized carbons (Fsp3) is 0.286. The van der Waals surface area contributed by atoms with E-state index in [-0.39, 0.29) is 24.5 Å². The predicted octanol–water partition coefficient (Wildman–Crippen LogP) is 3.05. The molecular weight excluding hydrogens is 360 g/mol. The molecule has 2 heterocycles. The van der Waals surface area contributed by atoms with Crippen LogP contribution in [-0.4, -0.2) is 34.9 Å². The van der Waals surface area contributed by atoms with E-state index in [1.165, 1.54) is 0 Å². The second kappa shape index (κ2) is 6.99. The normalized spacial score (nSPS) is 16.7. The fourth-order valence-electron chi connectivity index (χ4n) is 3.89.